The van der Waals surface area contributed by atoms with Crippen molar-refractivity contribution < 1.29 is 14.3 Å². The van der Waals surface area contributed by atoms with E-state index in [9.17, 15) is 4.79 Å². The first-order chi connectivity index (χ1) is 13.7. The zero-order chi connectivity index (χ0) is 19.8. The van der Waals surface area contributed by atoms with Crippen LogP contribution in [0.1, 0.15) is 5.56 Å². The number of rotatable bonds is 10. The highest BCUT2D eigenvalue weighted by atomic mass is 32.2. The minimum atomic E-state index is -0.0307. The number of carbonyl (C=O) groups is 1. The van der Waals surface area contributed by atoms with Gasteiger partial charge in [0.2, 0.25) is 5.91 Å². The second-order valence-corrected chi connectivity index (χ2v) is 7.22. The van der Waals surface area contributed by atoms with Crippen LogP contribution < -0.4 is 10.1 Å². The SMILES string of the molecule is COCCNC(=O)CSc1nc2ccccc2n1CCOc1ccccc1C. The van der Waals surface area contributed by atoms with Crippen LogP contribution in [-0.2, 0) is 16.1 Å². The maximum absolute atomic E-state index is 12.0. The lowest BCUT2D eigenvalue weighted by molar-refractivity contribution is -0.118. The number of hydrogen-bond donors (Lipinski definition) is 1. The molecule has 0 saturated carbocycles. The number of thioether (sulfide) groups is 1. The average molecular weight is 400 g/mol. The summed E-state index contributed by atoms with van der Waals surface area (Å²) in [5.41, 5.74) is 3.07. The standard InChI is InChI=1S/C21H25N3O3S/c1-16-7-3-6-10-19(16)27-14-12-24-18-9-5-4-8-17(18)23-21(24)28-15-20(25)22-11-13-26-2/h3-10H,11-15H2,1-2H3,(H,22,25). The zero-order valence-electron chi connectivity index (χ0n) is 16.2. The summed E-state index contributed by atoms with van der Waals surface area (Å²) in [5.74, 6) is 1.17. The Labute approximate surface area is 169 Å². The van der Waals surface area contributed by atoms with Crippen LogP contribution in [0.25, 0.3) is 11.0 Å². The monoisotopic (exact) mass is 399 g/mol. The van der Waals surface area contributed by atoms with Crippen LogP contribution in [0.3, 0.4) is 0 Å². The maximum Gasteiger partial charge on any atom is 0.230 e. The maximum atomic E-state index is 12.0. The van der Waals surface area contributed by atoms with Gasteiger partial charge in [-0.25, -0.2) is 4.98 Å². The van der Waals surface area contributed by atoms with Gasteiger partial charge in [0.25, 0.3) is 0 Å². The van der Waals surface area contributed by atoms with Crippen molar-refractivity contribution in [1.82, 2.24) is 14.9 Å². The van der Waals surface area contributed by atoms with E-state index in [1.165, 1.54) is 11.8 Å². The van der Waals surface area contributed by atoms with E-state index in [1.54, 1.807) is 7.11 Å². The van der Waals surface area contributed by atoms with Crippen molar-refractivity contribution in [1.29, 1.82) is 0 Å². The third-order valence-electron chi connectivity index (χ3n) is 4.25. The van der Waals surface area contributed by atoms with Crippen molar-refractivity contribution in [3.8, 4) is 5.75 Å². The largest absolute Gasteiger partial charge is 0.491 e. The number of para-hydroxylation sites is 3. The summed E-state index contributed by atoms with van der Waals surface area (Å²) in [6.07, 6.45) is 0. The summed E-state index contributed by atoms with van der Waals surface area (Å²) in [6.45, 7) is 4.23. The third kappa shape index (κ3) is 5.27. The Balaban J connectivity index is 1.67. The molecule has 0 fully saturated rings. The van der Waals surface area contributed by atoms with Gasteiger partial charge in [-0.15, -0.1) is 0 Å². The summed E-state index contributed by atoms with van der Waals surface area (Å²) >= 11 is 1.43. The molecule has 0 atom stereocenters. The molecular weight excluding hydrogens is 374 g/mol. The van der Waals surface area contributed by atoms with Crippen LogP contribution in [0.2, 0.25) is 0 Å². The van der Waals surface area contributed by atoms with E-state index in [2.05, 4.69) is 14.9 Å². The Morgan fingerprint density at radius 2 is 1.93 bits per heavy atom. The molecule has 0 aliphatic heterocycles. The van der Waals surface area contributed by atoms with Gasteiger partial charge in [-0.05, 0) is 30.7 Å². The molecule has 0 spiro atoms. The van der Waals surface area contributed by atoms with E-state index in [0.29, 0.717) is 32.1 Å². The van der Waals surface area contributed by atoms with Gasteiger partial charge < -0.3 is 19.4 Å². The molecule has 1 amide bonds. The molecule has 0 bridgehead atoms. The lowest BCUT2D eigenvalue weighted by Gasteiger charge is -2.12. The molecule has 0 aliphatic carbocycles. The fourth-order valence-corrected chi connectivity index (χ4v) is 3.69. The number of methoxy groups -OCH3 is 1. The fraction of sp³-hybridized carbons (Fsp3) is 0.333. The number of aromatic nitrogens is 2. The van der Waals surface area contributed by atoms with E-state index in [4.69, 9.17) is 9.47 Å². The molecule has 0 saturated heterocycles. The Morgan fingerprint density at radius 3 is 2.75 bits per heavy atom. The van der Waals surface area contributed by atoms with Gasteiger partial charge in [0.05, 0.1) is 29.9 Å². The lowest BCUT2D eigenvalue weighted by Crippen LogP contribution is -2.28. The summed E-state index contributed by atoms with van der Waals surface area (Å²) in [6, 6.07) is 16.0. The first kappa shape index (κ1) is 20.2. The van der Waals surface area contributed by atoms with Crippen molar-refractivity contribution in [3.63, 3.8) is 0 Å². The topological polar surface area (TPSA) is 65.4 Å². The zero-order valence-corrected chi connectivity index (χ0v) is 17.0. The van der Waals surface area contributed by atoms with E-state index in [1.807, 2.05) is 55.5 Å². The second kappa shape index (κ2) is 10.1. The van der Waals surface area contributed by atoms with Crippen molar-refractivity contribution in [2.24, 2.45) is 0 Å². The molecule has 0 unspecified atom stereocenters. The highest BCUT2D eigenvalue weighted by Gasteiger charge is 2.13. The average Bonchev–Trinajstić information content (AvgIpc) is 3.06. The Hall–Kier alpha value is -2.51. The highest BCUT2D eigenvalue weighted by molar-refractivity contribution is 7.99. The van der Waals surface area contributed by atoms with Crippen LogP contribution in [0.4, 0.5) is 0 Å². The quantitative estimate of drug-likeness (QED) is 0.419. The van der Waals surface area contributed by atoms with Crippen molar-refractivity contribution in [2.45, 2.75) is 18.6 Å². The molecule has 2 aromatic carbocycles. The highest BCUT2D eigenvalue weighted by Crippen LogP contribution is 2.24. The van der Waals surface area contributed by atoms with Gasteiger partial charge in [0.15, 0.2) is 5.16 Å². The molecule has 0 radical (unpaired) electrons. The van der Waals surface area contributed by atoms with Gasteiger partial charge >= 0.3 is 0 Å². The number of imidazole rings is 1. The first-order valence-electron chi connectivity index (χ1n) is 9.21. The van der Waals surface area contributed by atoms with Gasteiger partial charge in [-0.1, -0.05) is 42.1 Å². The predicted octanol–water partition coefficient (Wildman–Crippen LogP) is 3.28. The predicted molar refractivity (Wildman–Crippen MR) is 112 cm³/mol. The molecule has 1 N–H and O–H groups in total. The van der Waals surface area contributed by atoms with Crippen LogP contribution in [-0.4, -0.2) is 48.1 Å². The number of amides is 1. The summed E-state index contributed by atoms with van der Waals surface area (Å²) in [5, 5.41) is 3.65. The Morgan fingerprint density at radius 1 is 1.14 bits per heavy atom. The second-order valence-electron chi connectivity index (χ2n) is 6.28. The van der Waals surface area contributed by atoms with Crippen LogP contribution >= 0.6 is 11.8 Å². The third-order valence-corrected chi connectivity index (χ3v) is 5.22. The molecule has 148 valence electrons. The summed E-state index contributed by atoms with van der Waals surface area (Å²) in [4.78, 5) is 16.7. The number of ether oxygens (including phenoxy) is 2. The number of hydrogen-bond acceptors (Lipinski definition) is 5. The van der Waals surface area contributed by atoms with Gasteiger partial charge in [0.1, 0.15) is 12.4 Å². The van der Waals surface area contributed by atoms with Crippen LogP contribution in [0.5, 0.6) is 5.75 Å². The number of carbonyl (C=O) groups excluding carboxylic acids is 1. The molecule has 3 rings (SSSR count). The minimum Gasteiger partial charge on any atom is -0.491 e. The molecular formula is C21H25N3O3S. The molecule has 3 aromatic rings. The number of nitrogens with zero attached hydrogens (tertiary/aromatic N) is 2. The lowest BCUT2D eigenvalue weighted by atomic mass is 10.2. The van der Waals surface area contributed by atoms with Crippen molar-refractivity contribution >= 4 is 28.7 Å². The number of aryl methyl sites for hydroxylation is 1. The Bertz CT molecular complexity index is 926. The fourth-order valence-electron chi connectivity index (χ4n) is 2.82. The summed E-state index contributed by atoms with van der Waals surface area (Å²) < 4.78 is 13.0. The van der Waals surface area contributed by atoms with E-state index in [0.717, 1.165) is 27.5 Å². The van der Waals surface area contributed by atoms with Crippen LogP contribution in [0, 0.1) is 6.92 Å². The molecule has 28 heavy (non-hydrogen) atoms. The number of nitrogens with one attached hydrogen (secondary N) is 1. The van der Waals surface area contributed by atoms with E-state index >= 15 is 0 Å². The molecule has 0 aliphatic rings. The number of fused-ring (bicyclic) bond motifs is 1. The molecule has 6 nitrogen and oxygen atoms in total. The van der Waals surface area contributed by atoms with Crippen molar-refractivity contribution in [2.75, 3.05) is 32.6 Å². The molecule has 7 heteroatoms. The van der Waals surface area contributed by atoms with Gasteiger partial charge in [-0.3, -0.25) is 4.79 Å². The van der Waals surface area contributed by atoms with E-state index < -0.39 is 0 Å². The van der Waals surface area contributed by atoms with Crippen molar-refractivity contribution in [3.05, 3.63) is 54.1 Å². The smallest absolute Gasteiger partial charge is 0.230 e. The van der Waals surface area contributed by atoms with Crippen LogP contribution in [0.15, 0.2) is 53.7 Å². The Kier molecular flexibility index (Phi) is 7.33. The molecule has 1 heterocycles. The van der Waals surface area contributed by atoms with Gasteiger partial charge in [0, 0.05) is 13.7 Å². The summed E-state index contributed by atoms with van der Waals surface area (Å²) in [7, 11) is 1.61. The van der Waals surface area contributed by atoms with E-state index in [-0.39, 0.29) is 5.91 Å². The first-order valence-corrected chi connectivity index (χ1v) is 10.2. The normalized spacial score (nSPS) is 10.9. The molecule has 1 aromatic heterocycles. The number of benzene rings is 2. The minimum absolute atomic E-state index is 0.0307. The van der Waals surface area contributed by atoms with Gasteiger partial charge in [-0.2, -0.15) is 0 Å².